The first-order valence-corrected chi connectivity index (χ1v) is 5.70. The minimum absolute atomic E-state index is 0.120. The molecule has 0 spiro atoms. The van der Waals surface area contributed by atoms with E-state index in [1.54, 1.807) is 0 Å². The van der Waals surface area contributed by atoms with Crippen LogP contribution in [0.3, 0.4) is 0 Å². The van der Waals surface area contributed by atoms with Crippen molar-refractivity contribution in [3.8, 4) is 0 Å². The monoisotopic (exact) mass is 257 g/mol. The molecule has 0 aliphatic rings. The van der Waals surface area contributed by atoms with Crippen LogP contribution in [-0.2, 0) is 12.7 Å². The Balaban J connectivity index is 2.95. The van der Waals surface area contributed by atoms with E-state index in [1.165, 1.54) is 0 Å². The van der Waals surface area contributed by atoms with Gasteiger partial charge in [0.15, 0.2) is 0 Å². The molecule has 7 heteroatoms. The lowest BCUT2D eigenvalue weighted by Crippen LogP contribution is -2.08. The van der Waals surface area contributed by atoms with E-state index < -0.39 is 17.6 Å². The summed E-state index contributed by atoms with van der Waals surface area (Å²) < 4.78 is 52.2. The summed E-state index contributed by atoms with van der Waals surface area (Å²) in [6.07, 6.45) is -4.52. The smallest absolute Gasteiger partial charge is 0.251 e. The van der Waals surface area contributed by atoms with E-state index in [2.05, 4.69) is 16.4 Å². The highest BCUT2D eigenvalue weighted by molar-refractivity contribution is 8.67. The summed E-state index contributed by atoms with van der Waals surface area (Å²) in [5.41, 5.74) is -0.757. The van der Waals surface area contributed by atoms with Crippen molar-refractivity contribution in [2.24, 2.45) is 0 Å². The SMILES string of the molecule is Fc1cc(CNSS)cc(C(F)(F)F)c1. The molecule has 0 aliphatic heterocycles. The molecule has 0 aromatic heterocycles. The first-order chi connectivity index (χ1) is 6.93. The zero-order chi connectivity index (χ0) is 11.5. The maximum absolute atomic E-state index is 12.8. The standard InChI is InChI=1S/C8H7F4NS2/c9-7-2-5(4-13-15-14)1-6(3-7)8(10,11)12/h1-3,13-14H,4H2. The summed E-state index contributed by atoms with van der Waals surface area (Å²) in [6.45, 7) is 0.120. The normalized spacial score (nSPS) is 11.8. The third kappa shape index (κ3) is 3.92. The molecular formula is C8H7F4NS2. The average molecular weight is 257 g/mol. The number of hydrogen-bond donors (Lipinski definition) is 2. The zero-order valence-corrected chi connectivity index (χ0v) is 9.02. The molecule has 15 heavy (non-hydrogen) atoms. The third-order valence-corrected chi connectivity index (χ3v) is 2.29. The predicted molar refractivity (Wildman–Crippen MR) is 54.8 cm³/mol. The number of halogens is 4. The summed E-state index contributed by atoms with van der Waals surface area (Å²) in [5, 5.41) is 0. The van der Waals surface area contributed by atoms with Gasteiger partial charge in [0.1, 0.15) is 5.82 Å². The van der Waals surface area contributed by atoms with Crippen LogP contribution in [0.5, 0.6) is 0 Å². The highest BCUT2D eigenvalue weighted by Gasteiger charge is 2.31. The molecule has 1 rings (SSSR count). The minimum Gasteiger partial charge on any atom is -0.251 e. The van der Waals surface area contributed by atoms with Crippen LogP contribution in [-0.4, -0.2) is 0 Å². The molecule has 1 aromatic carbocycles. The van der Waals surface area contributed by atoms with Gasteiger partial charge in [0.05, 0.1) is 5.56 Å². The molecule has 1 nitrogen and oxygen atoms in total. The van der Waals surface area contributed by atoms with Gasteiger partial charge >= 0.3 is 6.18 Å². The second kappa shape index (κ2) is 5.09. The van der Waals surface area contributed by atoms with Crippen molar-refractivity contribution in [2.75, 3.05) is 0 Å². The van der Waals surface area contributed by atoms with E-state index in [1.807, 2.05) is 0 Å². The summed E-state index contributed by atoms with van der Waals surface area (Å²) >= 11 is 3.75. The van der Waals surface area contributed by atoms with Crippen molar-refractivity contribution in [3.05, 3.63) is 35.1 Å². The molecule has 0 amide bonds. The molecule has 0 unspecified atom stereocenters. The van der Waals surface area contributed by atoms with Crippen molar-refractivity contribution in [1.29, 1.82) is 0 Å². The van der Waals surface area contributed by atoms with Crippen molar-refractivity contribution in [1.82, 2.24) is 4.72 Å². The molecule has 0 saturated carbocycles. The summed E-state index contributed by atoms with van der Waals surface area (Å²) in [4.78, 5) is 0. The van der Waals surface area contributed by atoms with Gasteiger partial charge in [-0.15, -0.1) is 0 Å². The Morgan fingerprint density at radius 2 is 1.93 bits per heavy atom. The fourth-order valence-electron chi connectivity index (χ4n) is 1.03. The molecule has 0 bridgehead atoms. The van der Waals surface area contributed by atoms with Crippen LogP contribution in [0, 0.1) is 5.82 Å². The van der Waals surface area contributed by atoms with Crippen LogP contribution >= 0.6 is 22.6 Å². The average Bonchev–Trinajstić information content (AvgIpc) is 2.12. The number of hydrogen-bond acceptors (Lipinski definition) is 3. The Kier molecular flexibility index (Phi) is 4.30. The van der Waals surface area contributed by atoms with Crippen LogP contribution in [0.15, 0.2) is 18.2 Å². The van der Waals surface area contributed by atoms with E-state index in [-0.39, 0.29) is 12.1 Å². The lowest BCUT2D eigenvalue weighted by atomic mass is 10.1. The van der Waals surface area contributed by atoms with Crippen LogP contribution in [0.25, 0.3) is 0 Å². The van der Waals surface area contributed by atoms with E-state index in [4.69, 9.17) is 0 Å². The number of rotatable bonds is 3. The Bertz CT molecular complexity index is 340. The number of thiol groups is 1. The Morgan fingerprint density at radius 1 is 1.27 bits per heavy atom. The number of benzene rings is 1. The topological polar surface area (TPSA) is 12.0 Å². The van der Waals surface area contributed by atoms with Crippen molar-refractivity contribution in [2.45, 2.75) is 12.7 Å². The molecule has 1 aromatic rings. The quantitative estimate of drug-likeness (QED) is 0.372. The van der Waals surface area contributed by atoms with Gasteiger partial charge in [-0.2, -0.15) is 13.2 Å². The highest BCUT2D eigenvalue weighted by atomic mass is 33.1. The van der Waals surface area contributed by atoms with Crippen molar-refractivity contribution < 1.29 is 17.6 Å². The van der Waals surface area contributed by atoms with Gasteiger partial charge in [0, 0.05) is 6.54 Å². The fraction of sp³-hybridized carbons (Fsp3) is 0.250. The maximum atomic E-state index is 12.8. The molecule has 0 aliphatic carbocycles. The molecule has 0 saturated heterocycles. The van der Waals surface area contributed by atoms with Gasteiger partial charge in [0.25, 0.3) is 0 Å². The molecule has 0 radical (unpaired) electrons. The highest BCUT2D eigenvalue weighted by Crippen LogP contribution is 2.30. The van der Waals surface area contributed by atoms with E-state index in [0.29, 0.717) is 6.07 Å². The summed E-state index contributed by atoms with van der Waals surface area (Å²) in [7, 11) is 0.956. The molecule has 1 N–H and O–H groups in total. The minimum atomic E-state index is -4.52. The Morgan fingerprint density at radius 3 is 2.47 bits per heavy atom. The predicted octanol–water partition coefficient (Wildman–Crippen LogP) is 3.43. The molecular weight excluding hydrogens is 250 g/mol. The molecule has 0 fully saturated rings. The number of alkyl halides is 3. The Labute approximate surface area is 93.2 Å². The van der Waals surface area contributed by atoms with E-state index >= 15 is 0 Å². The van der Waals surface area contributed by atoms with Crippen LogP contribution in [0.1, 0.15) is 11.1 Å². The molecule has 0 atom stereocenters. The summed E-state index contributed by atoms with van der Waals surface area (Å²) in [5.74, 6) is -0.897. The van der Waals surface area contributed by atoms with E-state index in [0.717, 1.165) is 23.1 Å². The van der Waals surface area contributed by atoms with Gasteiger partial charge in [-0.25, -0.2) is 4.39 Å². The van der Waals surface area contributed by atoms with Crippen LogP contribution in [0.4, 0.5) is 17.6 Å². The van der Waals surface area contributed by atoms with Crippen LogP contribution < -0.4 is 4.72 Å². The maximum Gasteiger partial charge on any atom is 0.416 e. The Hall–Kier alpha value is -0.400. The molecule has 0 heterocycles. The summed E-state index contributed by atoms with van der Waals surface area (Å²) in [6, 6.07) is 2.42. The van der Waals surface area contributed by atoms with Crippen LogP contribution in [0.2, 0.25) is 0 Å². The zero-order valence-electron chi connectivity index (χ0n) is 7.31. The lowest BCUT2D eigenvalue weighted by Gasteiger charge is -2.09. The fourth-order valence-corrected chi connectivity index (χ4v) is 1.46. The van der Waals surface area contributed by atoms with Gasteiger partial charge in [-0.3, -0.25) is 4.72 Å². The van der Waals surface area contributed by atoms with Crippen molar-refractivity contribution in [3.63, 3.8) is 0 Å². The van der Waals surface area contributed by atoms with Gasteiger partial charge in [-0.1, -0.05) is 11.7 Å². The van der Waals surface area contributed by atoms with Gasteiger partial charge in [0.2, 0.25) is 0 Å². The van der Waals surface area contributed by atoms with Crippen molar-refractivity contribution >= 4 is 22.6 Å². The second-order valence-corrected chi connectivity index (χ2v) is 3.78. The van der Waals surface area contributed by atoms with Gasteiger partial charge in [-0.05, 0) is 34.7 Å². The molecule has 84 valence electrons. The second-order valence-electron chi connectivity index (χ2n) is 2.76. The third-order valence-electron chi connectivity index (χ3n) is 1.63. The lowest BCUT2D eigenvalue weighted by molar-refractivity contribution is -0.137. The first-order valence-electron chi connectivity index (χ1n) is 3.83. The number of nitrogens with one attached hydrogen (secondary N) is 1. The van der Waals surface area contributed by atoms with E-state index in [9.17, 15) is 17.6 Å². The largest absolute Gasteiger partial charge is 0.416 e. The first kappa shape index (κ1) is 12.7. The van der Waals surface area contributed by atoms with Gasteiger partial charge < -0.3 is 0 Å².